The average Bonchev–Trinajstić information content (AvgIpc) is 3.00. The van der Waals surface area contributed by atoms with Crippen LogP contribution in [0.5, 0.6) is 0 Å². The van der Waals surface area contributed by atoms with Gasteiger partial charge in [-0.25, -0.2) is 4.39 Å². The van der Waals surface area contributed by atoms with Crippen LogP contribution < -0.4 is 5.32 Å². The molecule has 1 aromatic rings. The van der Waals surface area contributed by atoms with Crippen LogP contribution in [0.1, 0.15) is 31.2 Å². The molecule has 2 bridgehead atoms. The van der Waals surface area contributed by atoms with Crippen molar-refractivity contribution >= 4 is 12.0 Å². The Labute approximate surface area is 112 Å². The zero-order valence-electron chi connectivity index (χ0n) is 10.8. The largest absolute Gasteiger partial charge is 0.350 e. The fourth-order valence-electron chi connectivity index (χ4n) is 3.40. The van der Waals surface area contributed by atoms with Gasteiger partial charge in [-0.15, -0.1) is 0 Å². The van der Waals surface area contributed by atoms with Gasteiger partial charge in [-0.2, -0.15) is 0 Å². The third kappa shape index (κ3) is 2.86. The molecule has 2 saturated carbocycles. The molecule has 2 aliphatic carbocycles. The van der Waals surface area contributed by atoms with Gasteiger partial charge in [0, 0.05) is 12.1 Å². The number of halogens is 1. The lowest BCUT2D eigenvalue weighted by Gasteiger charge is -2.22. The van der Waals surface area contributed by atoms with Gasteiger partial charge in [0.2, 0.25) is 5.91 Å². The van der Waals surface area contributed by atoms with Crippen LogP contribution in [0, 0.1) is 17.7 Å². The summed E-state index contributed by atoms with van der Waals surface area (Å²) in [5.74, 6) is 1.22. The van der Waals surface area contributed by atoms with Crippen LogP contribution in [0.25, 0.3) is 6.08 Å². The minimum Gasteiger partial charge on any atom is -0.350 e. The first-order valence-electron chi connectivity index (χ1n) is 6.95. The number of hydrogen-bond acceptors (Lipinski definition) is 1. The number of hydrogen-bond donors (Lipinski definition) is 1. The molecule has 1 N–H and O–H groups in total. The molecule has 0 aliphatic heterocycles. The van der Waals surface area contributed by atoms with E-state index in [9.17, 15) is 9.18 Å². The normalized spacial score (nSPS) is 29.0. The Kier molecular flexibility index (Phi) is 3.36. The van der Waals surface area contributed by atoms with E-state index in [1.807, 2.05) is 0 Å². The van der Waals surface area contributed by atoms with Gasteiger partial charge < -0.3 is 5.32 Å². The molecule has 0 aromatic heterocycles. The number of fused-ring (bicyclic) bond motifs is 2. The fraction of sp³-hybridized carbons (Fsp3) is 0.438. The monoisotopic (exact) mass is 259 g/mol. The van der Waals surface area contributed by atoms with E-state index in [1.54, 1.807) is 24.3 Å². The van der Waals surface area contributed by atoms with Gasteiger partial charge in [-0.3, -0.25) is 4.79 Å². The van der Waals surface area contributed by atoms with Crippen LogP contribution >= 0.6 is 0 Å². The van der Waals surface area contributed by atoms with Gasteiger partial charge >= 0.3 is 0 Å². The Hall–Kier alpha value is -1.64. The van der Waals surface area contributed by atoms with Crippen molar-refractivity contribution in [3.63, 3.8) is 0 Å². The van der Waals surface area contributed by atoms with E-state index in [4.69, 9.17) is 0 Å². The van der Waals surface area contributed by atoms with E-state index >= 15 is 0 Å². The van der Waals surface area contributed by atoms with Crippen molar-refractivity contribution < 1.29 is 9.18 Å². The molecular formula is C16H18FNO. The Bertz CT molecular complexity index is 494. The summed E-state index contributed by atoms with van der Waals surface area (Å²) < 4.78 is 12.7. The maximum atomic E-state index is 12.7. The van der Waals surface area contributed by atoms with Gasteiger partial charge in [-0.05, 0) is 54.9 Å². The molecule has 2 fully saturated rings. The molecule has 0 heterocycles. The Morgan fingerprint density at radius 1 is 1.21 bits per heavy atom. The standard InChI is InChI=1S/C16H18FNO/c17-14-6-2-11(3-7-14)4-8-16(19)18-15-10-12-1-5-13(15)9-12/h2-4,6-8,12-13,15H,1,5,9-10H2,(H,18,19)/b8-4+/t12-,13-,15+/m1/s1. The SMILES string of the molecule is O=C(/C=C/c1ccc(F)cc1)N[C@H]1C[C@@H]2CC[C@@H]1C2. The topological polar surface area (TPSA) is 29.1 Å². The minimum absolute atomic E-state index is 0.0399. The minimum atomic E-state index is -0.261. The lowest BCUT2D eigenvalue weighted by atomic mass is 9.95. The second kappa shape index (κ2) is 5.16. The highest BCUT2D eigenvalue weighted by atomic mass is 19.1. The number of benzene rings is 1. The predicted octanol–water partition coefficient (Wildman–Crippen LogP) is 3.14. The molecule has 3 atom stereocenters. The summed E-state index contributed by atoms with van der Waals surface area (Å²) in [5, 5.41) is 3.09. The van der Waals surface area contributed by atoms with Gasteiger partial charge in [0.25, 0.3) is 0 Å². The van der Waals surface area contributed by atoms with Gasteiger partial charge in [-0.1, -0.05) is 18.6 Å². The molecular weight excluding hydrogens is 241 g/mol. The summed E-state index contributed by atoms with van der Waals surface area (Å²) >= 11 is 0. The van der Waals surface area contributed by atoms with E-state index in [2.05, 4.69) is 5.32 Å². The Balaban J connectivity index is 1.55. The molecule has 0 spiro atoms. The van der Waals surface area contributed by atoms with Crippen molar-refractivity contribution in [1.29, 1.82) is 0 Å². The third-order valence-corrected chi connectivity index (χ3v) is 4.36. The fourth-order valence-corrected chi connectivity index (χ4v) is 3.40. The highest BCUT2D eigenvalue weighted by Crippen LogP contribution is 2.44. The highest BCUT2D eigenvalue weighted by Gasteiger charge is 2.39. The quantitative estimate of drug-likeness (QED) is 0.830. The first kappa shape index (κ1) is 12.4. The predicted molar refractivity (Wildman–Crippen MR) is 72.8 cm³/mol. The van der Waals surface area contributed by atoms with Gasteiger partial charge in [0.1, 0.15) is 5.82 Å². The molecule has 0 saturated heterocycles. The summed E-state index contributed by atoms with van der Waals surface area (Å²) in [7, 11) is 0. The van der Waals surface area contributed by atoms with Crippen LogP contribution in [-0.2, 0) is 4.79 Å². The zero-order valence-corrected chi connectivity index (χ0v) is 10.8. The maximum absolute atomic E-state index is 12.7. The second-order valence-corrected chi connectivity index (χ2v) is 5.67. The molecule has 1 aromatic carbocycles. The molecule has 19 heavy (non-hydrogen) atoms. The summed E-state index contributed by atoms with van der Waals surface area (Å²) in [6.07, 6.45) is 8.29. The van der Waals surface area contributed by atoms with E-state index in [1.165, 1.54) is 31.4 Å². The summed E-state index contributed by atoms with van der Waals surface area (Å²) in [6, 6.07) is 6.48. The van der Waals surface area contributed by atoms with Gasteiger partial charge in [0.05, 0.1) is 0 Å². The number of carbonyl (C=O) groups is 1. The van der Waals surface area contributed by atoms with Crippen molar-refractivity contribution in [3.8, 4) is 0 Å². The maximum Gasteiger partial charge on any atom is 0.244 e. The second-order valence-electron chi connectivity index (χ2n) is 5.67. The van der Waals surface area contributed by atoms with E-state index in [0.29, 0.717) is 12.0 Å². The van der Waals surface area contributed by atoms with Crippen molar-refractivity contribution in [3.05, 3.63) is 41.7 Å². The first-order valence-corrected chi connectivity index (χ1v) is 6.95. The van der Waals surface area contributed by atoms with Crippen LogP contribution in [0.4, 0.5) is 4.39 Å². The lowest BCUT2D eigenvalue weighted by molar-refractivity contribution is -0.117. The van der Waals surface area contributed by atoms with E-state index in [0.717, 1.165) is 17.9 Å². The van der Waals surface area contributed by atoms with Crippen molar-refractivity contribution in [2.45, 2.75) is 31.7 Å². The molecule has 2 nitrogen and oxygen atoms in total. The van der Waals surface area contributed by atoms with Crippen molar-refractivity contribution in [2.24, 2.45) is 11.8 Å². The first-order chi connectivity index (χ1) is 9.20. The van der Waals surface area contributed by atoms with E-state index in [-0.39, 0.29) is 11.7 Å². The molecule has 0 unspecified atom stereocenters. The molecule has 0 radical (unpaired) electrons. The average molecular weight is 259 g/mol. The van der Waals surface area contributed by atoms with Crippen LogP contribution in [-0.4, -0.2) is 11.9 Å². The van der Waals surface area contributed by atoms with Crippen LogP contribution in [0.2, 0.25) is 0 Å². The van der Waals surface area contributed by atoms with Crippen molar-refractivity contribution in [1.82, 2.24) is 5.32 Å². The third-order valence-electron chi connectivity index (χ3n) is 4.36. The smallest absolute Gasteiger partial charge is 0.244 e. The molecule has 1 amide bonds. The Morgan fingerprint density at radius 2 is 2.00 bits per heavy atom. The molecule has 3 rings (SSSR count). The Morgan fingerprint density at radius 3 is 2.63 bits per heavy atom. The van der Waals surface area contributed by atoms with Gasteiger partial charge in [0.15, 0.2) is 0 Å². The highest BCUT2D eigenvalue weighted by molar-refractivity contribution is 5.91. The van der Waals surface area contributed by atoms with Crippen molar-refractivity contribution in [2.75, 3.05) is 0 Å². The number of rotatable bonds is 3. The van der Waals surface area contributed by atoms with Crippen LogP contribution in [0.3, 0.4) is 0 Å². The molecule has 2 aliphatic rings. The zero-order chi connectivity index (χ0) is 13.2. The lowest BCUT2D eigenvalue weighted by Crippen LogP contribution is -2.37. The summed E-state index contributed by atoms with van der Waals surface area (Å²) in [4.78, 5) is 11.8. The summed E-state index contributed by atoms with van der Waals surface area (Å²) in [5.41, 5.74) is 0.837. The number of nitrogens with one attached hydrogen (secondary N) is 1. The molecule has 3 heteroatoms. The van der Waals surface area contributed by atoms with Crippen LogP contribution in [0.15, 0.2) is 30.3 Å². The molecule has 100 valence electrons. The number of carbonyl (C=O) groups excluding carboxylic acids is 1. The number of amides is 1. The summed E-state index contributed by atoms with van der Waals surface area (Å²) in [6.45, 7) is 0. The van der Waals surface area contributed by atoms with E-state index < -0.39 is 0 Å².